The van der Waals surface area contributed by atoms with Crippen molar-refractivity contribution in [2.45, 2.75) is 25.9 Å². The fourth-order valence-electron chi connectivity index (χ4n) is 3.74. The maximum absolute atomic E-state index is 12.8. The standard InChI is InChI=1S/C20H18N4O5/c1-13-9-15-10-16(24(28)29)7-8-17(15)22(13)12-23-19(26)18(25)21(20(23)27)11-14-5-3-2-4-6-14/h2-8,10,13H,9,11-12H2,1H3/t13-/m0/s1. The topological polar surface area (TPSA) is 104 Å². The molecule has 0 N–H and O–H groups in total. The van der Waals surface area contributed by atoms with Crippen molar-refractivity contribution in [1.29, 1.82) is 0 Å². The number of nitro benzene ring substituents is 1. The highest BCUT2D eigenvalue weighted by Gasteiger charge is 2.46. The van der Waals surface area contributed by atoms with E-state index < -0.39 is 22.8 Å². The molecule has 1 saturated heterocycles. The van der Waals surface area contributed by atoms with E-state index in [4.69, 9.17) is 0 Å². The van der Waals surface area contributed by atoms with Gasteiger partial charge in [0.15, 0.2) is 0 Å². The second kappa shape index (κ2) is 7.01. The largest absolute Gasteiger partial charge is 0.350 e. The van der Waals surface area contributed by atoms with Gasteiger partial charge in [-0.05, 0) is 30.5 Å². The van der Waals surface area contributed by atoms with Crippen LogP contribution in [-0.4, -0.2) is 45.3 Å². The van der Waals surface area contributed by atoms with Crippen LogP contribution in [0.5, 0.6) is 0 Å². The van der Waals surface area contributed by atoms with Gasteiger partial charge in [0.1, 0.15) is 6.67 Å². The average Bonchev–Trinajstić information content (AvgIpc) is 3.12. The predicted octanol–water partition coefficient (Wildman–Crippen LogP) is 2.29. The molecule has 9 heteroatoms. The van der Waals surface area contributed by atoms with Crippen molar-refractivity contribution in [2.24, 2.45) is 0 Å². The Balaban J connectivity index is 1.55. The Kier molecular flexibility index (Phi) is 4.50. The van der Waals surface area contributed by atoms with Gasteiger partial charge in [0, 0.05) is 23.9 Å². The van der Waals surface area contributed by atoms with Crippen LogP contribution in [-0.2, 0) is 22.6 Å². The van der Waals surface area contributed by atoms with E-state index in [-0.39, 0.29) is 24.9 Å². The summed E-state index contributed by atoms with van der Waals surface area (Å²) >= 11 is 0. The van der Waals surface area contributed by atoms with Crippen molar-refractivity contribution in [3.05, 3.63) is 69.8 Å². The number of hydrogen-bond donors (Lipinski definition) is 0. The van der Waals surface area contributed by atoms with E-state index in [2.05, 4.69) is 0 Å². The highest BCUT2D eigenvalue weighted by atomic mass is 16.6. The van der Waals surface area contributed by atoms with Crippen molar-refractivity contribution >= 4 is 29.2 Å². The Hall–Kier alpha value is -3.75. The lowest BCUT2D eigenvalue weighted by atomic mass is 10.1. The first kappa shape index (κ1) is 18.6. The highest BCUT2D eigenvalue weighted by Crippen LogP contribution is 2.35. The van der Waals surface area contributed by atoms with Crippen molar-refractivity contribution in [2.75, 3.05) is 11.6 Å². The van der Waals surface area contributed by atoms with Gasteiger partial charge >= 0.3 is 17.8 Å². The first-order valence-electron chi connectivity index (χ1n) is 9.12. The van der Waals surface area contributed by atoms with Gasteiger partial charge in [-0.3, -0.25) is 24.6 Å². The van der Waals surface area contributed by atoms with Crippen molar-refractivity contribution in [3.8, 4) is 0 Å². The number of anilines is 1. The molecule has 1 atom stereocenters. The summed E-state index contributed by atoms with van der Waals surface area (Å²) in [6.07, 6.45) is 0.551. The molecule has 0 saturated carbocycles. The Morgan fingerprint density at radius 1 is 1.03 bits per heavy atom. The summed E-state index contributed by atoms with van der Waals surface area (Å²) in [6, 6.07) is 12.7. The Bertz CT molecular complexity index is 1020. The summed E-state index contributed by atoms with van der Waals surface area (Å²) in [5.74, 6) is -1.72. The predicted molar refractivity (Wildman–Crippen MR) is 103 cm³/mol. The quantitative estimate of drug-likeness (QED) is 0.334. The van der Waals surface area contributed by atoms with Gasteiger partial charge < -0.3 is 4.90 Å². The summed E-state index contributed by atoms with van der Waals surface area (Å²) in [4.78, 5) is 51.8. The Labute approximate surface area is 166 Å². The number of imide groups is 2. The zero-order valence-corrected chi connectivity index (χ0v) is 15.6. The first-order chi connectivity index (χ1) is 13.9. The van der Waals surface area contributed by atoms with Gasteiger partial charge in [0.2, 0.25) is 0 Å². The van der Waals surface area contributed by atoms with Gasteiger partial charge in [-0.1, -0.05) is 30.3 Å². The Morgan fingerprint density at radius 2 is 1.72 bits per heavy atom. The minimum absolute atomic E-state index is 0.00432. The lowest BCUT2D eigenvalue weighted by molar-refractivity contribution is -0.384. The molecule has 0 radical (unpaired) electrons. The van der Waals surface area contributed by atoms with E-state index in [0.717, 1.165) is 26.6 Å². The number of hydrogen-bond acceptors (Lipinski definition) is 6. The van der Waals surface area contributed by atoms with E-state index >= 15 is 0 Å². The Morgan fingerprint density at radius 3 is 2.41 bits per heavy atom. The van der Waals surface area contributed by atoms with Gasteiger partial charge in [-0.25, -0.2) is 9.69 Å². The molecule has 0 unspecified atom stereocenters. The minimum atomic E-state index is -0.867. The van der Waals surface area contributed by atoms with Crippen LogP contribution in [0, 0.1) is 10.1 Å². The van der Waals surface area contributed by atoms with Crippen LogP contribution in [0.15, 0.2) is 48.5 Å². The maximum Gasteiger partial charge on any atom is 0.336 e. The molecule has 29 heavy (non-hydrogen) atoms. The van der Waals surface area contributed by atoms with E-state index in [1.54, 1.807) is 30.3 Å². The second-order valence-electron chi connectivity index (χ2n) is 7.13. The molecule has 2 heterocycles. The number of non-ortho nitro benzene ring substituents is 1. The number of amides is 4. The molecule has 0 aromatic heterocycles. The number of rotatable bonds is 5. The summed E-state index contributed by atoms with van der Waals surface area (Å²) in [6.45, 7) is 1.85. The van der Waals surface area contributed by atoms with Crippen molar-refractivity contribution in [1.82, 2.24) is 9.80 Å². The number of nitro groups is 1. The summed E-state index contributed by atoms with van der Waals surface area (Å²) < 4.78 is 0. The second-order valence-corrected chi connectivity index (χ2v) is 7.13. The molecule has 4 rings (SSSR count). The molecule has 2 aromatic rings. The van der Waals surface area contributed by atoms with Crippen LogP contribution in [0.25, 0.3) is 0 Å². The normalized spacial score (nSPS) is 18.6. The molecule has 4 amide bonds. The number of fused-ring (bicyclic) bond motifs is 1. The van der Waals surface area contributed by atoms with E-state index in [9.17, 15) is 24.5 Å². The third-order valence-electron chi connectivity index (χ3n) is 5.24. The zero-order chi connectivity index (χ0) is 20.7. The molecular formula is C20H18N4O5. The van der Waals surface area contributed by atoms with Gasteiger partial charge in [-0.15, -0.1) is 0 Å². The summed E-state index contributed by atoms with van der Waals surface area (Å²) in [7, 11) is 0. The molecule has 2 aromatic carbocycles. The van der Waals surface area contributed by atoms with Gasteiger partial charge in [0.05, 0.1) is 11.5 Å². The lowest BCUT2D eigenvalue weighted by Crippen LogP contribution is -2.44. The molecule has 0 spiro atoms. The monoisotopic (exact) mass is 394 g/mol. The molecule has 148 valence electrons. The van der Waals surface area contributed by atoms with Crippen LogP contribution in [0.3, 0.4) is 0 Å². The van der Waals surface area contributed by atoms with Crippen molar-refractivity contribution in [3.63, 3.8) is 0 Å². The van der Waals surface area contributed by atoms with E-state index in [1.165, 1.54) is 12.1 Å². The number of nitrogens with zero attached hydrogens (tertiary/aromatic N) is 4. The van der Waals surface area contributed by atoms with Gasteiger partial charge in [0.25, 0.3) is 5.69 Å². The maximum atomic E-state index is 12.8. The average molecular weight is 394 g/mol. The van der Waals surface area contributed by atoms with Gasteiger partial charge in [-0.2, -0.15) is 0 Å². The number of benzene rings is 2. The smallest absolute Gasteiger partial charge is 0.336 e. The fraction of sp³-hybridized carbons (Fsp3) is 0.250. The number of carbonyl (C=O) groups excluding carboxylic acids is 3. The molecule has 0 aliphatic carbocycles. The lowest BCUT2D eigenvalue weighted by Gasteiger charge is -2.28. The third-order valence-corrected chi connectivity index (χ3v) is 5.24. The SMILES string of the molecule is C[C@H]1Cc2cc([N+](=O)[O-])ccc2N1CN1C(=O)C(=O)N(Cc2ccccc2)C1=O. The molecule has 1 fully saturated rings. The minimum Gasteiger partial charge on any atom is -0.350 e. The molecule has 2 aliphatic rings. The van der Waals surface area contributed by atoms with E-state index in [0.29, 0.717) is 6.42 Å². The van der Waals surface area contributed by atoms with Crippen molar-refractivity contribution < 1.29 is 19.3 Å². The fourth-order valence-corrected chi connectivity index (χ4v) is 3.74. The highest BCUT2D eigenvalue weighted by molar-refractivity contribution is 6.44. The molecule has 9 nitrogen and oxygen atoms in total. The van der Waals surface area contributed by atoms with Crippen LogP contribution in [0.1, 0.15) is 18.1 Å². The number of carbonyl (C=O) groups is 3. The third kappa shape index (κ3) is 3.20. The molecular weight excluding hydrogens is 376 g/mol. The zero-order valence-electron chi connectivity index (χ0n) is 15.6. The first-order valence-corrected chi connectivity index (χ1v) is 9.12. The van der Waals surface area contributed by atoms with Crippen LogP contribution < -0.4 is 4.90 Å². The molecule has 2 aliphatic heterocycles. The van der Waals surface area contributed by atoms with Crippen LogP contribution >= 0.6 is 0 Å². The van der Waals surface area contributed by atoms with E-state index in [1.807, 2.05) is 17.9 Å². The van der Waals surface area contributed by atoms with Crippen LogP contribution in [0.4, 0.5) is 16.2 Å². The molecule has 0 bridgehead atoms. The number of urea groups is 1. The van der Waals surface area contributed by atoms with Crippen LogP contribution in [0.2, 0.25) is 0 Å². The summed E-state index contributed by atoms with van der Waals surface area (Å²) in [5, 5.41) is 11.0. The summed E-state index contributed by atoms with van der Waals surface area (Å²) in [5.41, 5.74) is 2.24.